The number of para-hydroxylation sites is 1. The number of nitrogens with zero attached hydrogens (tertiary/aromatic N) is 2. The molecule has 0 fully saturated rings. The Labute approximate surface area is 165 Å². The molecule has 0 spiro atoms. The highest BCUT2D eigenvalue weighted by molar-refractivity contribution is 6.37. The van der Waals surface area contributed by atoms with Crippen LogP contribution < -0.4 is 10.2 Å². The molecule has 0 aliphatic carbocycles. The second kappa shape index (κ2) is 8.53. The van der Waals surface area contributed by atoms with Crippen LogP contribution in [0.3, 0.4) is 0 Å². The molecule has 3 rings (SSSR count). The molecule has 5 heteroatoms. The van der Waals surface area contributed by atoms with Gasteiger partial charge >= 0.3 is 0 Å². The van der Waals surface area contributed by atoms with Gasteiger partial charge in [-0.25, -0.2) is 0 Å². The molecule has 2 aromatic carbocycles. The van der Waals surface area contributed by atoms with Gasteiger partial charge in [-0.2, -0.15) is 5.26 Å². The summed E-state index contributed by atoms with van der Waals surface area (Å²) in [7, 11) is 0. The van der Waals surface area contributed by atoms with E-state index in [1.54, 1.807) is 17.0 Å². The zero-order valence-electron chi connectivity index (χ0n) is 16.2. The van der Waals surface area contributed by atoms with Crippen LogP contribution in [0.4, 0.5) is 11.4 Å². The minimum atomic E-state index is -0.570. The summed E-state index contributed by atoms with van der Waals surface area (Å²) >= 11 is 0. The minimum absolute atomic E-state index is 0.163. The summed E-state index contributed by atoms with van der Waals surface area (Å²) in [6.07, 6.45) is 3.24. The van der Waals surface area contributed by atoms with E-state index in [0.717, 1.165) is 24.9 Å². The second-order valence-corrected chi connectivity index (χ2v) is 6.68. The number of unbranched alkanes of at least 4 members (excludes halogenated alkanes) is 1. The number of hydrogen-bond donors (Lipinski definition) is 1. The topological polar surface area (TPSA) is 73.2 Å². The predicted octanol–water partition coefficient (Wildman–Crippen LogP) is 4.31. The molecule has 142 valence electrons. The van der Waals surface area contributed by atoms with Gasteiger partial charge in [0.1, 0.15) is 11.6 Å². The van der Waals surface area contributed by atoms with Crippen LogP contribution in [0.25, 0.3) is 5.57 Å². The number of amides is 2. The maximum Gasteiger partial charge on any atom is 0.267 e. The van der Waals surface area contributed by atoms with Gasteiger partial charge in [0.2, 0.25) is 0 Å². The summed E-state index contributed by atoms with van der Waals surface area (Å²) in [6.45, 7) is 4.48. The van der Waals surface area contributed by atoms with Crippen molar-refractivity contribution in [3.63, 3.8) is 0 Å². The van der Waals surface area contributed by atoms with Crippen molar-refractivity contribution in [3.8, 4) is 6.07 Å². The number of likely N-dealkylation sites (N-methyl/N-ethyl adjacent to an activating group) is 1. The molecular weight excluding hydrogens is 350 g/mol. The maximum absolute atomic E-state index is 12.8. The van der Waals surface area contributed by atoms with Crippen molar-refractivity contribution in [2.24, 2.45) is 0 Å². The van der Waals surface area contributed by atoms with E-state index in [1.807, 2.05) is 49.4 Å². The highest BCUT2D eigenvalue weighted by atomic mass is 16.2. The van der Waals surface area contributed by atoms with E-state index in [1.165, 1.54) is 5.56 Å². The lowest BCUT2D eigenvalue weighted by atomic mass is 10.0. The van der Waals surface area contributed by atoms with E-state index in [-0.39, 0.29) is 17.1 Å². The van der Waals surface area contributed by atoms with Crippen molar-refractivity contribution < 1.29 is 9.59 Å². The molecule has 28 heavy (non-hydrogen) atoms. The molecule has 0 bridgehead atoms. The molecule has 0 atom stereocenters. The Kier molecular flexibility index (Phi) is 5.90. The minimum Gasteiger partial charge on any atom is -0.321 e. The first kappa shape index (κ1) is 19.4. The normalized spacial score (nSPS) is 14.5. The van der Waals surface area contributed by atoms with E-state index >= 15 is 0 Å². The van der Waals surface area contributed by atoms with Crippen LogP contribution in [0.1, 0.15) is 37.8 Å². The Hall–Kier alpha value is -3.39. The second-order valence-electron chi connectivity index (χ2n) is 6.68. The van der Waals surface area contributed by atoms with E-state index in [2.05, 4.69) is 12.2 Å². The largest absolute Gasteiger partial charge is 0.321 e. The number of nitriles is 1. The van der Waals surface area contributed by atoms with Gasteiger partial charge in [0.05, 0.1) is 11.3 Å². The summed E-state index contributed by atoms with van der Waals surface area (Å²) in [4.78, 5) is 27.2. The molecule has 0 unspecified atom stereocenters. The van der Waals surface area contributed by atoms with Gasteiger partial charge in [0.15, 0.2) is 0 Å². The van der Waals surface area contributed by atoms with Crippen LogP contribution in [-0.2, 0) is 16.0 Å². The standard InChI is InChI=1S/C23H23N3O2/c1-3-5-8-16-11-13-17(14-12-16)25-22(27)19(15-24)21-18-9-6-7-10-20(18)26(4-2)23(21)28/h6-7,9-14H,3-5,8H2,1-2H3,(H,25,27). The fraction of sp³-hybridized carbons (Fsp3) is 0.261. The van der Waals surface area contributed by atoms with Crippen LogP contribution in [0.5, 0.6) is 0 Å². The Bertz CT molecular complexity index is 968. The predicted molar refractivity (Wildman–Crippen MR) is 111 cm³/mol. The first-order valence-electron chi connectivity index (χ1n) is 9.56. The van der Waals surface area contributed by atoms with E-state index in [4.69, 9.17) is 0 Å². The summed E-state index contributed by atoms with van der Waals surface area (Å²) in [5, 5.41) is 12.4. The third-order valence-corrected chi connectivity index (χ3v) is 4.86. The van der Waals surface area contributed by atoms with E-state index < -0.39 is 5.91 Å². The number of rotatable bonds is 6. The van der Waals surface area contributed by atoms with Crippen LogP contribution in [0, 0.1) is 11.3 Å². The Morgan fingerprint density at radius 2 is 1.82 bits per heavy atom. The fourth-order valence-electron chi connectivity index (χ4n) is 3.38. The summed E-state index contributed by atoms with van der Waals surface area (Å²) in [5.41, 5.74) is 3.16. The average molecular weight is 373 g/mol. The van der Waals surface area contributed by atoms with Crippen LogP contribution in [0.2, 0.25) is 0 Å². The molecule has 1 heterocycles. The zero-order chi connectivity index (χ0) is 20.1. The average Bonchev–Trinajstić information content (AvgIpc) is 2.99. The highest BCUT2D eigenvalue weighted by Crippen LogP contribution is 2.38. The molecule has 2 aromatic rings. The number of nitrogens with one attached hydrogen (secondary N) is 1. The SMILES string of the molecule is CCCCc1ccc(NC(=O)C(C#N)=C2C(=O)N(CC)c3ccccc32)cc1. The smallest absolute Gasteiger partial charge is 0.267 e. The Balaban J connectivity index is 1.90. The number of benzene rings is 2. The number of anilines is 2. The van der Waals surface area contributed by atoms with Gasteiger partial charge in [-0.3, -0.25) is 9.59 Å². The lowest BCUT2D eigenvalue weighted by molar-refractivity contribution is -0.114. The lowest BCUT2D eigenvalue weighted by Gasteiger charge is -2.13. The maximum atomic E-state index is 12.8. The molecular formula is C23H23N3O2. The molecule has 2 amide bonds. The highest BCUT2D eigenvalue weighted by Gasteiger charge is 2.35. The number of carbonyl (C=O) groups excluding carboxylic acids is 2. The van der Waals surface area contributed by atoms with E-state index in [9.17, 15) is 14.9 Å². The fourth-order valence-corrected chi connectivity index (χ4v) is 3.38. The van der Waals surface area contributed by atoms with Crippen LogP contribution in [-0.4, -0.2) is 18.4 Å². The van der Waals surface area contributed by atoms with Crippen molar-refractivity contribution in [3.05, 3.63) is 65.2 Å². The lowest BCUT2D eigenvalue weighted by Crippen LogP contribution is -2.27. The van der Waals surface area contributed by atoms with Crippen LogP contribution in [0.15, 0.2) is 54.1 Å². The van der Waals surface area contributed by atoms with Gasteiger partial charge in [0, 0.05) is 17.8 Å². The van der Waals surface area contributed by atoms with Gasteiger partial charge in [-0.05, 0) is 43.5 Å². The molecule has 0 radical (unpaired) electrons. The van der Waals surface area contributed by atoms with Crippen molar-refractivity contribution in [1.29, 1.82) is 5.26 Å². The zero-order valence-corrected chi connectivity index (χ0v) is 16.2. The Morgan fingerprint density at radius 3 is 2.46 bits per heavy atom. The Morgan fingerprint density at radius 1 is 1.11 bits per heavy atom. The van der Waals surface area contributed by atoms with Crippen molar-refractivity contribution in [1.82, 2.24) is 0 Å². The molecule has 1 aliphatic rings. The van der Waals surface area contributed by atoms with Gasteiger partial charge in [-0.15, -0.1) is 0 Å². The third kappa shape index (κ3) is 3.67. The third-order valence-electron chi connectivity index (χ3n) is 4.86. The van der Waals surface area contributed by atoms with Crippen molar-refractivity contribution in [2.75, 3.05) is 16.8 Å². The summed E-state index contributed by atoms with van der Waals surface area (Å²) in [5.74, 6) is -0.884. The first-order chi connectivity index (χ1) is 13.6. The molecule has 0 saturated carbocycles. The first-order valence-corrected chi connectivity index (χ1v) is 9.56. The van der Waals surface area contributed by atoms with Gasteiger partial charge in [0.25, 0.3) is 11.8 Å². The number of carbonyl (C=O) groups is 2. The molecule has 0 aromatic heterocycles. The number of fused-ring (bicyclic) bond motifs is 1. The summed E-state index contributed by atoms with van der Waals surface area (Å²) in [6, 6.07) is 16.8. The van der Waals surface area contributed by atoms with Crippen LogP contribution >= 0.6 is 0 Å². The van der Waals surface area contributed by atoms with Crippen molar-refractivity contribution in [2.45, 2.75) is 33.1 Å². The quantitative estimate of drug-likeness (QED) is 0.606. The van der Waals surface area contributed by atoms with E-state index in [0.29, 0.717) is 17.8 Å². The summed E-state index contributed by atoms with van der Waals surface area (Å²) < 4.78 is 0. The number of aryl methyl sites for hydroxylation is 1. The van der Waals surface area contributed by atoms with Gasteiger partial charge in [-0.1, -0.05) is 43.7 Å². The monoisotopic (exact) mass is 373 g/mol. The number of hydrogen-bond acceptors (Lipinski definition) is 3. The molecule has 0 saturated heterocycles. The molecule has 1 aliphatic heterocycles. The van der Waals surface area contributed by atoms with Crippen molar-refractivity contribution >= 4 is 28.8 Å². The molecule has 1 N–H and O–H groups in total. The van der Waals surface area contributed by atoms with Gasteiger partial charge < -0.3 is 10.2 Å². The molecule has 5 nitrogen and oxygen atoms in total.